The summed E-state index contributed by atoms with van der Waals surface area (Å²) in [5, 5.41) is 4.67. The molecule has 18 heavy (non-hydrogen) atoms. The fourth-order valence-electron chi connectivity index (χ4n) is 2.83. The fourth-order valence-corrected chi connectivity index (χ4v) is 4.19. The van der Waals surface area contributed by atoms with Crippen LogP contribution in [-0.2, 0) is 0 Å². The zero-order chi connectivity index (χ0) is 13.0. The minimum absolute atomic E-state index is 0.486. The lowest BCUT2D eigenvalue weighted by Crippen LogP contribution is -2.36. The van der Waals surface area contributed by atoms with Crippen molar-refractivity contribution in [3.63, 3.8) is 0 Å². The van der Waals surface area contributed by atoms with Crippen molar-refractivity contribution in [3.8, 4) is 0 Å². The second-order valence-electron chi connectivity index (χ2n) is 4.99. The third kappa shape index (κ3) is 3.52. The van der Waals surface area contributed by atoms with Gasteiger partial charge in [-0.25, -0.2) is 0 Å². The number of rotatable bonds is 5. The van der Waals surface area contributed by atoms with Crippen LogP contribution >= 0.6 is 27.7 Å². The first-order chi connectivity index (χ1) is 8.74. The van der Waals surface area contributed by atoms with E-state index < -0.39 is 0 Å². The molecule has 1 aliphatic carbocycles. The van der Waals surface area contributed by atoms with Gasteiger partial charge in [0.1, 0.15) is 0 Å². The van der Waals surface area contributed by atoms with Crippen molar-refractivity contribution in [2.24, 2.45) is 0 Å². The van der Waals surface area contributed by atoms with Gasteiger partial charge in [-0.05, 0) is 43.2 Å². The molecule has 0 spiro atoms. The Balaban J connectivity index is 2.05. The van der Waals surface area contributed by atoms with Crippen LogP contribution in [-0.4, -0.2) is 17.5 Å². The molecule has 1 fully saturated rings. The number of benzene rings is 1. The Kier molecular flexibility index (Phi) is 5.58. The van der Waals surface area contributed by atoms with Gasteiger partial charge in [-0.3, -0.25) is 0 Å². The Morgan fingerprint density at radius 1 is 1.44 bits per heavy atom. The van der Waals surface area contributed by atoms with Gasteiger partial charge in [0.15, 0.2) is 0 Å². The molecule has 1 nitrogen and oxygen atoms in total. The predicted molar refractivity (Wildman–Crippen MR) is 85.3 cm³/mol. The Morgan fingerprint density at radius 3 is 2.94 bits per heavy atom. The maximum atomic E-state index is 3.87. The van der Waals surface area contributed by atoms with Crippen LogP contribution in [0.5, 0.6) is 0 Å². The van der Waals surface area contributed by atoms with Gasteiger partial charge in [-0.1, -0.05) is 41.4 Å². The largest absolute Gasteiger partial charge is 0.306 e. The zero-order valence-corrected chi connectivity index (χ0v) is 13.6. The molecular formula is C15H22BrNS. The Hall–Kier alpha value is 0.01000. The van der Waals surface area contributed by atoms with Crippen molar-refractivity contribution < 1.29 is 0 Å². The molecule has 1 aromatic carbocycles. The minimum Gasteiger partial charge on any atom is -0.306 e. The second kappa shape index (κ2) is 6.97. The van der Waals surface area contributed by atoms with Gasteiger partial charge in [0.25, 0.3) is 0 Å². The summed E-state index contributed by atoms with van der Waals surface area (Å²) in [6.07, 6.45) is 7.46. The molecule has 100 valence electrons. The van der Waals surface area contributed by atoms with Crippen molar-refractivity contribution in [2.45, 2.75) is 49.9 Å². The number of thioether (sulfide) groups is 1. The molecule has 1 aliphatic rings. The molecule has 0 heterocycles. The molecule has 0 aromatic heterocycles. The normalized spacial score (nSPS) is 25.3. The number of halogens is 1. The van der Waals surface area contributed by atoms with E-state index in [0.717, 1.165) is 11.7 Å². The highest BCUT2D eigenvalue weighted by atomic mass is 79.9. The average Bonchev–Trinajstić information content (AvgIpc) is 2.83. The highest BCUT2D eigenvalue weighted by Gasteiger charge is 2.28. The third-order valence-corrected chi connectivity index (χ3v) is 5.49. The summed E-state index contributed by atoms with van der Waals surface area (Å²) in [7, 11) is 0. The molecule has 1 saturated carbocycles. The zero-order valence-electron chi connectivity index (χ0n) is 11.2. The Labute approximate surface area is 123 Å². The average molecular weight is 328 g/mol. The summed E-state index contributed by atoms with van der Waals surface area (Å²) < 4.78 is 1.17. The van der Waals surface area contributed by atoms with Gasteiger partial charge >= 0.3 is 0 Å². The van der Waals surface area contributed by atoms with Crippen LogP contribution in [0.15, 0.2) is 28.7 Å². The van der Waals surface area contributed by atoms with Crippen LogP contribution < -0.4 is 5.32 Å². The summed E-state index contributed by atoms with van der Waals surface area (Å²) in [4.78, 5) is 0. The van der Waals surface area contributed by atoms with E-state index in [1.54, 1.807) is 0 Å². The molecule has 0 amide bonds. The van der Waals surface area contributed by atoms with E-state index in [9.17, 15) is 0 Å². The van der Waals surface area contributed by atoms with Crippen LogP contribution in [0.2, 0.25) is 0 Å². The first-order valence-corrected chi connectivity index (χ1v) is 8.87. The number of hydrogen-bond donors (Lipinski definition) is 1. The molecule has 3 heteroatoms. The van der Waals surface area contributed by atoms with Gasteiger partial charge in [0.05, 0.1) is 0 Å². The first-order valence-electron chi connectivity index (χ1n) is 6.79. The summed E-state index contributed by atoms with van der Waals surface area (Å²) in [6.45, 7) is 2.27. The monoisotopic (exact) mass is 327 g/mol. The van der Waals surface area contributed by atoms with Crippen molar-refractivity contribution in [3.05, 3.63) is 34.3 Å². The topological polar surface area (TPSA) is 12.0 Å². The molecule has 0 aliphatic heterocycles. The quantitative estimate of drug-likeness (QED) is 0.835. The summed E-state index contributed by atoms with van der Waals surface area (Å²) in [5.74, 6) is 0. The van der Waals surface area contributed by atoms with E-state index in [1.165, 1.54) is 29.3 Å². The predicted octanol–water partition coefficient (Wildman–Crippen LogP) is 4.77. The van der Waals surface area contributed by atoms with E-state index in [4.69, 9.17) is 0 Å². The highest BCUT2D eigenvalue weighted by Crippen LogP contribution is 2.31. The molecule has 3 unspecified atom stereocenters. The van der Waals surface area contributed by atoms with Crippen molar-refractivity contribution >= 4 is 27.7 Å². The van der Waals surface area contributed by atoms with Crippen LogP contribution in [0.4, 0.5) is 0 Å². The maximum Gasteiger partial charge on any atom is 0.0320 e. The molecule has 1 aromatic rings. The standard InChI is InChI=1S/C15H22BrNS/c1-3-13(11-6-4-7-12(16)10-11)17-14-8-5-9-15(14)18-2/h4,6-7,10,13-15,17H,3,5,8-9H2,1-2H3. The molecule has 2 rings (SSSR count). The minimum atomic E-state index is 0.486. The smallest absolute Gasteiger partial charge is 0.0320 e. The van der Waals surface area contributed by atoms with Gasteiger partial charge in [0, 0.05) is 21.8 Å². The molecule has 3 atom stereocenters. The van der Waals surface area contributed by atoms with Crippen LogP contribution in [0.1, 0.15) is 44.2 Å². The number of hydrogen-bond acceptors (Lipinski definition) is 2. The SMILES string of the molecule is CCC(NC1CCCC1SC)c1cccc(Br)c1. The first kappa shape index (κ1) is 14.4. The third-order valence-electron chi connectivity index (χ3n) is 3.83. The lowest BCUT2D eigenvalue weighted by molar-refractivity contribution is 0.435. The van der Waals surface area contributed by atoms with E-state index in [-0.39, 0.29) is 0 Å². The number of nitrogens with one attached hydrogen (secondary N) is 1. The van der Waals surface area contributed by atoms with Crippen molar-refractivity contribution in [2.75, 3.05) is 6.26 Å². The Bertz CT molecular complexity index is 383. The molecule has 1 N–H and O–H groups in total. The molecule has 0 radical (unpaired) electrons. The summed E-state index contributed by atoms with van der Waals surface area (Å²) in [5.41, 5.74) is 1.40. The van der Waals surface area contributed by atoms with Crippen molar-refractivity contribution in [1.29, 1.82) is 0 Å². The van der Waals surface area contributed by atoms with E-state index in [0.29, 0.717) is 12.1 Å². The summed E-state index contributed by atoms with van der Waals surface area (Å²) in [6, 6.07) is 9.87. The fraction of sp³-hybridized carbons (Fsp3) is 0.600. The van der Waals surface area contributed by atoms with Gasteiger partial charge < -0.3 is 5.32 Å². The van der Waals surface area contributed by atoms with Gasteiger partial charge in [-0.2, -0.15) is 11.8 Å². The molecule has 0 saturated heterocycles. The van der Waals surface area contributed by atoms with Crippen LogP contribution in [0, 0.1) is 0 Å². The summed E-state index contributed by atoms with van der Waals surface area (Å²) >= 11 is 5.59. The molecule has 0 bridgehead atoms. The van der Waals surface area contributed by atoms with Crippen molar-refractivity contribution in [1.82, 2.24) is 5.32 Å². The van der Waals surface area contributed by atoms with E-state index in [1.807, 2.05) is 11.8 Å². The lowest BCUT2D eigenvalue weighted by Gasteiger charge is -2.26. The van der Waals surface area contributed by atoms with Gasteiger partial charge in [-0.15, -0.1) is 0 Å². The van der Waals surface area contributed by atoms with Crippen LogP contribution in [0.25, 0.3) is 0 Å². The highest BCUT2D eigenvalue weighted by molar-refractivity contribution is 9.10. The van der Waals surface area contributed by atoms with E-state index in [2.05, 4.69) is 58.7 Å². The second-order valence-corrected chi connectivity index (χ2v) is 6.99. The lowest BCUT2D eigenvalue weighted by atomic mass is 10.0. The van der Waals surface area contributed by atoms with E-state index >= 15 is 0 Å². The Morgan fingerprint density at radius 2 is 2.28 bits per heavy atom. The maximum absolute atomic E-state index is 3.87. The molecular weight excluding hydrogens is 306 g/mol. The van der Waals surface area contributed by atoms with Crippen LogP contribution in [0.3, 0.4) is 0 Å². The van der Waals surface area contributed by atoms with Gasteiger partial charge in [0.2, 0.25) is 0 Å².